The van der Waals surface area contributed by atoms with Crippen LogP contribution in [0.5, 0.6) is 0 Å². The van der Waals surface area contributed by atoms with Gasteiger partial charge in [-0.05, 0) is 34.5 Å². The van der Waals surface area contributed by atoms with Crippen molar-refractivity contribution in [3.8, 4) is 0 Å². The van der Waals surface area contributed by atoms with Crippen LogP contribution in [0.4, 0.5) is 5.69 Å². The average Bonchev–Trinajstić information content (AvgIpc) is 2.29. The number of hydroxylamine groups is 1. The Kier molecular flexibility index (Phi) is 10.1. The zero-order chi connectivity index (χ0) is 11.8. The van der Waals surface area contributed by atoms with Crippen molar-refractivity contribution in [2.45, 2.75) is 6.42 Å². The minimum Gasteiger partial charge on any atom is -0.396 e. The Bertz CT molecular complexity index is 318. The maximum atomic E-state index is 8.57. The van der Waals surface area contributed by atoms with E-state index in [9.17, 15) is 0 Å². The van der Waals surface area contributed by atoms with E-state index in [2.05, 4.69) is 21.4 Å². The van der Waals surface area contributed by atoms with Crippen LogP contribution < -0.4 is 9.79 Å². The predicted molar refractivity (Wildman–Crippen MR) is 81.3 cm³/mol. The summed E-state index contributed by atoms with van der Waals surface area (Å²) >= 11 is 4.67. The first-order valence-corrected chi connectivity index (χ1v) is 6.40. The number of nitrogens with one attached hydrogen (secondary N) is 1. The highest BCUT2D eigenvalue weighted by Crippen LogP contribution is 2.28. The molecule has 0 spiro atoms. The van der Waals surface area contributed by atoms with Gasteiger partial charge < -0.3 is 5.11 Å². The number of aliphatic hydroxyl groups excluding tert-OH is 1. The third kappa shape index (κ3) is 6.54. The van der Waals surface area contributed by atoms with Crippen LogP contribution in [0.25, 0.3) is 0 Å². The molecule has 0 saturated heterocycles. The summed E-state index contributed by atoms with van der Waals surface area (Å²) in [7, 11) is 1.92. The molecule has 0 bridgehead atoms. The molecule has 0 fully saturated rings. The fourth-order valence-corrected chi connectivity index (χ4v) is 2.18. The molecule has 0 aliphatic carbocycles. The molecule has 0 aromatic heterocycles. The second kappa shape index (κ2) is 10.0. The number of nitrogens with zero attached hydrogens (tertiary/aromatic N) is 1. The minimum atomic E-state index is 0. The van der Waals surface area contributed by atoms with Crippen molar-refractivity contribution in [1.82, 2.24) is 5.48 Å². The molecule has 1 aromatic carbocycles. The summed E-state index contributed by atoms with van der Waals surface area (Å²) in [5.41, 5.74) is 3.79. The van der Waals surface area contributed by atoms with E-state index in [1.807, 2.05) is 35.6 Å². The average molecular weight is 341 g/mol. The zero-order valence-electron chi connectivity index (χ0n) is 9.52. The smallest absolute Gasteiger partial charge is 0.135 e. The van der Waals surface area contributed by atoms with Crippen molar-refractivity contribution < 1.29 is 9.39 Å². The number of benzene rings is 1. The SMILES string of the molecule is CN(SONCCCO)c1ccccc1Br.S. The molecule has 0 unspecified atom stereocenters. The summed E-state index contributed by atoms with van der Waals surface area (Å²) in [6, 6.07) is 7.91. The second-order valence-corrected chi connectivity index (χ2v) is 4.80. The monoisotopic (exact) mass is 340 g/mol. The van der Waals surface area contributed by atoms with Gasteiger partial charge in [0.1, 0.15) is 12.2 Å². The van der Waals surface area contributed by atoms with Gasteiger partial charge in [-0.25, -0.2) is 4.28 Å². The Balaban J connectivity index is 0.00000256. The predicted octanol–water partition coefficient (Wildman–Crippen LogP) is 2.46. The van der Waals surface area contributed by atoms with Gasteiger partial charge >= 0.3 is 0 Å². The van der Waals surface area contributed by atoms with Gasteiger partial charge in [-0.15, -0.1) is 0 Å². The summed E-state index contributed by atoms with van der Waals surface area (Å²) < 4.78 is 8.08. The summed E-state index contributed by atoms with van der Waals surface area (Å²) in [4.78, 5) is 0. The van der Waals surface area contributed by atoms with Crippen LogP contribution in [-0.2, 0) is 4.28 Å². The Labute approximate surface area is 122 Å². The number of hydrogen-bond donors (Lipinski definition) is 2. The standard InChI is InChI=1S/C10H15BrN2O2S.H2S/c1-13(16-15-12-7-4-8-14)10-6-3-2-5-9(10)11;/h2-3,5-6,12,14H,4,7-8H2,1H3;1H2. The summed E-state index contributed by atoms with van der Waals surface area (Å²) in [6.45, 7) is 0.800. The molecule has 0 aliphatic rings. The molecular formula is C10H17BrN2O2S2. The van der Waals surface area contributed by atoms with E-state index in [1.165, 1.54) is 12.2 Å². The fraction of sp³-hybridized carbons (Fsp3) is 0.400. The van der Waals surface area contributed by atoms with Crippen molar-refractivity contribution in [3.05, 3.63) is 28.7 Å². The highest BCUT2D eigenvalue weighted by molar-refractivity contribution is 9.10. The fourth-order valence-electron chi connectivity index (χ4n) is 1.02. The van der Waals surface area contributed by atoms with E-state index in [-0.39, 0.29) is 20.1 Å². The molecule has 0 aliphatic heterocycles. The molecular weight excluding hydrogens is 324 g/mol. The molecule has 2 N–H and O–H groups in total. The Morgan fingerprint density at radius 2 is 2.18 bits per heavy atom. The maximum absolute atomic E-state index is 8.57. The number of para-hydroxylation sites is 1. The van der Waals surface area contributed by atoms with Crippen LogP contribution in [0, 0.1) is 0 Å². The summed E-state index contributed by atoms with van der Waals surface area (Å²) in [6.07, 6.45) is 0.680. The van der Waals surface area contributed by atoms with Crippen LogP contribution in [0.2, 0.25) is 0 Å². The number of hydrogen-bond acceptors (Lipinski definition) is 5. The third-order valence-electron chi connectivity index (χ3n) is 1.84. The van der Waals surface area contributed by atoms with Crippen molar-refractivity contribution in [3.63, 3.8) is 0 Å². The van der Waals surface area contributed by atoms with Crippen molar-refractivity contribution in [2.24, 2.45) is 0 Å². The first-order valence-electron chi connectivity index (χ1n) is 4.91. The number of rotatable bonds is 7. The zero-order valence-corrected chi connectivity index (χ0v) is 12.9. The van der Waals surface area contributed by atoms with Crippen molar-refractivity contribution >= 4 is 47.3 Å². The second-order valence-electron chi connectivity index (χ2n) is 3.08. The maximum Gasteiger partial charge on any atom is 0.135 e. The third-order valence-corrected chi connectivity index (χ3v) is 3.12. The molecule has 98 valence electrons. The highest BCUT2D eigenvalue weighted by atomic mass is 79.9. The van der Waals surface area contributed by atoms with E-state index in [4.69, 9.17) is 9.39 Å². The molecule has 7 heteroatoms. The topological polar surface area (TPSA) is 44.7 Å². The van der Waals surface area contributed by atoms with Crippen molar-refractivity contribution in [1.29, 1.82) is 0 Å². The highest BCUT2D eigenvalue weighted by Gasteiger charge is 2.05. The summed E-state index contributed by atoms with van der Waals surface area (Å²) in [5.74, 6) is 0. The lowest BCUT2D eigenvalue weighted by Gasteiger charge is -2.17. The molecule has 0 radical (unpaired) electrons. The first-order chi connectivity index (χ1) is 7.75. The molecule has 1 aromatic rings. The molecule has 1 rings (SSSR count). The largest absolute Gasteiger partial charge is 0.396 e. The lowest BCUT2D eigenvalue weighted by Crippen LogP contribution is -2.17. The number of halogens is 1. The molecule has 0 heterocycles. The van der Waals surface area contributed by atoms with E-state index in [0.29, 0.717) is 13.0 Å². The van der Waals surface area contributed by atoms with E-state index in [1.54, 1.807) is 0 Å². The summed E-state index contributed by atoms with van der Waals surface area (Å²) in [5, 5.41) is 8.57. The van der Waals surface area contributed by atoms with Crippen LogP contribution in [-0.4, -0.2) is 25.3 Å². The van der Waals surface area contributed by atoms with E-state index in [0.717, 1.165) is 10.2 Å². The van der Waals surface area contributed by atoms with Gasteiger partial charge in [-0.2, -0.15) is 19.0 Å². The minimum absolute atomic E-state index is 0. The van der Waals surface area contributed by atoms with E-state index >= 15 is 0 Å². The van der Waals surface area contributed by atoms with Crippen molar-refractivity contribution in [2.75, 3.05) is 24.5 Å². The Hall–Kier alpha value is 0.0800. The van der Waals surface area contributed by atoms with Crippen LogP contribution >= 0.6 is 41.7 Å². The molecule has 0 saturated carbocycles. The quantitative estimate of drug-likeness (QED) is 0.345. The number of anilines is 1. The van der Waals surface area contributed by atoms with Crippen LogP contribution in [0.1, 0.15) is 6.42 Å². The van der Waals surface area contributed by atoms with Gasteiger partial charge in [-0.3, -0.25) is 4.31 Å². The van der Waals surface area contributed by atoms with Crippen LogP contribution in [0.15, 0.2) is 28.7 Å². The Morgan fingerprint density at radius 1 is 1.47 bits per heavy atom. The van der Waals surface area contributed by atoms with Crippen LogP contribution in [0.3, 0.4) is 0 Å². The van der Waals surface area contributed by atoms with Gasteiger partial charge in [0.15, 0.2) is 0 Å². The van der Waals surface area contributed by atoms with Gasteiger partial charge in [0, 0.05) is 24.7 Å². The molecule has 17 heavy (non-hydrogen) atoms. The Morgan fingerprint density at radius 3 is 2.82 bits per heavy atom. The lowest BCUT2D eigenvalue weighted by molar-refractivity contribution is 0.212. The van der Waals surface area contributed by atoms with E-state index < -0.39 is 0 Å². The lowest BCUT2D eigenvalue weighted by atomic mass is 10.3. The van der Waals surface area contributed by atoms with Gasteiger partial charge in [0.05, 0.1) is 5.69 Å². The van der Waals surface area contributed by atoms with Gasteiger partial charge in [0.2, 0.25) is 0 Å². The normalized spacial score (nSPS) is 9.82. The molecule has 0 atom stereocenters. The van der Waals surface area contributed by atoms with Gasteiger partial charge in [0.25, 0.3) is 0 Å². The van der Waals surface area contributed by atoms with Gasteiger partial charge in [-0.1, -0.05) is 12.1 Å². The first kappa shape index (κ1) is 17.1. The molecule has 4 nitrogen and oxygen atoms in total. The molecule has 0 amide bonds. The number of aliphatic hydroxyl groups is 1.